The van der Waals surface area contributed by atoms with E-state index >= 15 is 0 Å². The number of ketones is 1. The number of Topliss-reactive ketones (excluding diaryl/α,β-unsaturated/α-hetero) is 1. The predicted octanol–water partition coefficient (Wildman–Crippen LogP) is 2.15. The van der Waals surface area contributed by atoms with Crippen LogP contribution in [0.1, 0.15) is 52.4 Å². The van der Waals surface area contributed by atoms with Crippen molar-refractivity contribution in [1.82, 2.24) is 0 Å². The van der Waals surface area contributed by atoms with E-state index in [4.69, 9.17) is 0 Å². The second kappa shape index (κ2) is 4.56. The summed E-state index contributed by atoms with van der Waals surface area (Å²) in [5.74, 6) is 1.91. The molecule has 19 heavy (non-hydrogen) atoms. The van der Waals surface area contributed by atoms with Gasteiger partial charge in [0, 0.05) is 12.8 Å². The van der Waals surface area contributed by atoms with Crippen molar-refractivity contribution in [3.05, 3.63) is 0 Å². The zero-order valence-corrected chi connectivity index (χ0v) is 12.0. The van der Waals surface area contributed by atoms with Crippen molar-refractivity contribution in [3.63, 3.8) is 0 Å². The first-order chi connectivity index (χ1) is 8.93. The SMILES string of the molecule is CC(O)[C@H]1CC[C@H]2[C@@H]3CCC(=O)CC3[C@@H](O)C[C@]12C. The molecule has 3 aliphatic rings. The van der Waals surface area contributed by atoms with Crippen molar-refractivity contribution in [1.29, 1.82) is 0 Å². The molecule has 3 saturated carbocycles. The fraction of sp³-hybridized carbons (Fsp3) is 0.938. The first-order valence-corrected chi connectivity index (χ1v) is 7.81. The monoisotopic (exact) mass is 266 g/mol. The lowest BCUT2D eigenvalue weighted by atomic mass is 9.53. The van der Waals surface area contributed by atoms with E-state index in [0.717, 1.165) is 25.7 Å². The molecule has 2 N–H and O–H groups in total. The maximum Gasteiger partial charge on any atom is 0.133 e. The van der Waals surface area contributed by atoms with Crippen LogP contribution in [0.15, 0.2) is 0 Å². The summed E-state index contributed by atoms with van der Waals surface area (Å²) in [6.07, 6.45) is 4.59. The van der Waals surface area contributed by atoms with Gasteiger partial charge in [0.2, 0.25) is 0 Å². The second-order valence-corrected chi connectivity index (χ2v) is 7.42. The summed E-state index contributed by atoms with van der Waals surface area (Å²) in [6.45, 7) is 4.15. The van der Waals surface area contributed by atoms with E-state index in [1.807, 2.05) is 6.92 Å². The Labute approximate surface area is 115 Å². The van der Waals surface area contributed by atoms with Gasteiger partial charge in [-0.25, -0.2) is 0 Å². The van der Waals surface area contributed by atoms with Crippen LogP contribution in [0.2, 0.25) is 0 Å². The topological polar surface area (TPSA) is 57.5 Å². The van der Waals surface area contributed by atoms with Crippen molar-refractivity contribution in [3.8, 4) is 0 Å². The minimum atomic E-state index is -0.352. The molecule has 0 amide bonds. The number of hydrogen-bond acceptors (Lipinski definition) is 3. The van der Waals surface area contributed by atoms with Crippen molar-refractivity contribution in [2.24, 2.45) is 29.1 Å². The zero-order chi connectivity index (χ0) is 13.8. The molecule has 3 fully saturated rings. The molecule has 3 heteroatoms. The molecular formula is C16H26O3. The van der Waals surface area contributed by atoms with Crippen molar-refractivity contribution >= 4 is 5.78 Å². The summed E-state index contributed by atoms with van der Waals surface area (Å²) in [5, 5.41) is 20.5. The number of aliphatic hydroxyl groups is 2. The molecule has 0 radical (unpaired) electrons. The number of aliphatic hydroxyl groups excluding tert-OH is 2. The van der Waals surface area contributed by atoms with Crippen LogP contribution in [-0.4, -0.2) is 28.2 Å². The Morgan fingerprint density at radius 2 is 2.00 bits per heavy atom. The van der Waals surface area contributed by atoms with Crippen molar-refractivity contribution < 1.29 is 15.0 Å². The van der Waals surface area contributed by atoms with Crippen LogP contribution in [0.5, 0.6) is 0 Å². The number of fused-ring (bicyclic) bond motifs is 3. The molecule has 0 aliphatic heterocycles. The van der Waals surface area contributed by atoms with Gasteiger partial charge in [-0.15, -0.1) is 0 Å². The third-order valence-electron chi connectivity index (χ3n) is 6.49. The van der Waals surface area contributed by atoms with E-state index in [1.165, 1.54) is 0 Å². The normalized spacial score (nSPS) is 51.6. The summed E-state index contributed by atoms with van der Waals surface area (Å²) >= 11 is 0. The molecule has 3 nitrogen and oxygen atoms in total. The van der Waals surface area contributed by atoms with Gasteiger partial charge in [0.15, 0.2) is 0 Å². The number of hydrogen-bond donors (Lipinski definition) is 2. The Morgan fingerprint density at radius 1 is 1.26 bits per heavy atom. The number of carbonyl (C=O) groups is 1. The Kier molecular flexibility index (Phi) is 3.25. The molecule has 0 bridgehead atoms. The lowest BCUT2D eigenvalue weighted by Gasteiger charge is -2.52. The number of rotatable bonds is 1. The van der Waals surface area contributed by atoms with E-state index in [1.54, 1.807) is 0 Å². The summed E-state index contributed by atoms with van der Waals surface area (Å²) in [7, 11) is 0. The first kappa shape index (κ1) is 13.6. The largest absolute Gasteiger partial charge is 0.393 e. The van der Waals surface area contributed by atoms with Gasteiger partial charge in [-0.05, 0) is 61.7 Å². The summed E-state index contributed by atoms with van der Waals surface area (Å²) in [5.41, 5.74) is 0.0646. The highest BCUT2D eigenvalue weighted by Gasteiger charge is 2.58. The Morgan fingerprint density at radius 3 is 2.68 bits per heavy atom. The lowest BCUT2D eigenvalue weighted by Crippen LogP contribution is -2.51. The lowest BCUT2D eigenvalue weighted by molar-refractivity contribution is -0.137. The first-order valence-electron chi connectivity index (χ1n) is 7.81. The molecule has 0 saturated heterocycles. The zero-order valence-electron chi connectivity index (χ0n) is 12.0. The molecule has 0 heterocycles. The standard InChI is InChI=1S/C16H26O3/c1-9(17)13-5-6-14-11-4-3-10(18)7-12(11)15(19)8-16(13,14)2/h9,11-15,17,19H,3-8H2,1-2H3/t9?,11-,12?,13-,14+,15+,16-/m1/s1. The molecule has 0 aromatic rings. The Bertz CT molecular complexity index is 378. The van der Waals surface area contributed by atoms with Crippen molar-refractivity contribution in [2.45, 2.75) is 64.6 Å². The van der Waals surface area contributed by atoms with Crippen LogP contribution >= 0.6 is 0 Å². The fourth-order valence-electron chi connectivity index (χ4n) is 5.67. The van der Waals surface area contributed by atoms with Gasteiger partial charge in [-0.2, -0.15) is 0 Å². The van der Waals surface area contributed by atoms with Gasteiger partial charge in [0.05, 0.1) is 12.2 Å². The minimum Gasteiger partial charge on any atom is -0.393 e. The smallest absolute Gasteiger partial charge is 0.133 e. The average Bonchev–Trinajstić information content (AvgIpc) is 2.66. The predicted molar refractivity (Wildman–Crippen MR) is 72.5 cm³/mol. The summed E-state index contributed by atoms with van der Waals surface area (Å²) in [4.78, 5) is 11.7. The van der Waals surface area contributed by atoms with Gasteiger partial charge in [0.25, 0.3) is 0 Å². The van der Waals surface area contributed by atoms with E-state index in [9.17, 15) is 15.0 Å². The van der Waals surface area contributed by atoms with Crippen LogP contribution in [0.4, 0.5) is 0 Å². The third kappa shape index (κ3) is 1.97. The van der Waals surface area contributed by atoms with Gasteiger partial charge in [-0.3, -0.25) is 4.79 Å². The highest BCUT2D eigenvalue weighted by Crippen LogP contribution is 2.61. The van der Waals surface area contributed by atoms with Gasteiger partial charge >= 0.3 is 0 Å². The maximum absolute atomic E-state index is 11.7. The van der Waals surface area contributed by atoms with Crippen molar-refractivity contribution in [2.75, 3.05) is 0 Å². The molecule has 108 valence electrons. The number of carbonyl (C=O) groups excluding carboxylic acids is 1. The summed E-state index contributed by atoms with van der Waals surface area (Å²) < 4.78 is 0. The van der Waals surface area contributed by atoms with Crippen LogP contribution in [0, 0.1) is 29.1 Å². The Hall–Kier alpha value is -0.410. The highest BCUT2D eigenvalue weighted by molar-refractivity contribution is 5.79. The molecule has 0 aromatic heterocycles. The quantitative estimate of drug-likeness (QED) is 0.764. The minimum absolute atomic E-state index is 0.0646. The van der Waals surface area contributed by atoms with Crippen LogP contribution in [0.3, 0.4) is 0 Å². The molecule has 3 aliphatic carbocycles. The highest BCUT2D eigenvalue weighted by atomic mass is 16.3. The summed E-state index contributed by atoms with van der Waals surface area (Å²) in [6, 6.07) is 0. The molecule has 0 aromatic carbocycles. The van der Waals surface area contributed by atoms with Crippen LogP contribution < -0.4 is 0 Å². The van der Waals surface area contributed by atoms with E-state index in [2.05, 4.69) is 6.92 Å². The van der Waals surface area contributed by atoms with Crippen LogP contribution in [0.25, 0.3) is 0 Å². The molecular weight excluding hydrogens is 240 g/mol. The van der Waals surface area contributed by atoms with E-state index in [0.29, 0.717) is 36.4 Å². The molecule has 2 unspecified atom stereocenters. The van der Waals surface area contributed by atoms with E-state index < -0.39 is 0 Å². The second-order valence-electron chi connectivity index (χ2n) is 7.42. The Balaban J connectivity index is 1.89. The fourth-order valence-corrected chi connectivity index (χ4v) is 5.67. The molecule has 7 atom stereocenters. The maximum atomic E-state index is 11.7. The molecule has 0 spiro atoms. The molecule has 3 rings (SSSR count). The third-order valence-corrected chi connectivity index (χ3v) is 6.49. The van der Waals surface area contributed by atoms with Gasteiger partial charge in [-0.1, -0.05) is 6.92 Å². The van der Waals surface area contributed by atoms with Crippen LogP contribution in [-0.2, 0) is 4.79 Å². The van der Waals surface area contributed by atoms with E-state index in [-0.39, 0.29) is 23.5 Å². The van der Waals surface area contributed by atoms with Gasteiger partial charge in [0.1, 0.15) is 5.78 Å². The van der Waals surface area contributed by atoms with Gasteiger partial charge < -0.3 is 10.2 Å². The average molecular weight is 266 g/mol.